The van der Waals surface area contributed by atoms with E-state index in [2.05, 4.69) is 36.7 Å². The Morgan fingerprint density at radius 2 is 1.57 bits per heavy atom. The predicted octanol–water partition coefficient (Wildman–Crippen LogP) is 5.01. The minimum atomic E-state index is 0.504. The van der Waals surface area contributed by atoms with Gasteiger partial charge in [-0.25, -0.2) is 0 Å². The first-order chi connectivity index (χ1) is 6.57. The van der Waals surface area contributed by atoms with Gasteiger partial charge in [0.1, 0.15) is 0 Å². The quantitative estimate of drug-likeness (QED) is 0.624. The Morgan fingerprint density at radius 1 is 1.07 bits per heavy atom. The molecule has 0 nitrogen and oxygen atoms in total. The molecular formula is C13H25Br. The topological polar surface area (TPSA) is 0 Å². The van der Waals surface area contributed by atoms with Gasteiger partial charge in [0.15, 0.2) is 0 Å². The third-order valence-electron chi connectivity index (χ3n) is 3.75. The van der Waals surface area contributed by atoms with Crippen LogP contribution in [0.15, 0.2) is 0 Å². The first-order valence-electron chi connectivity index (χ1n) is 6.13. The van der Waals surface area contributed by atoms with E-state index in [0.717, 1.165) is 17.2 Å². The first-order valence-corrected chi connectivity index (χ1v) is 7.25. The van der Waals surface area contributed by atoms with Gasteiger partial charge >= 0.3 is 0 Å². The number of halogens is 1. The van der Waals surface area contributed by atoms with Crippen LogP contribution in [0.2, 0.25) is 0 Å². The lowest BCUT2D eigenvalue weighted by Gasteiger charge is -2.33. The fraction of sp³-hybridized carbons (Fsp3) is 1.00. The molecule has 1 aliphatic rings. The molecule has 14 heavy (non-hydrogen) atoms. The van der Waals surface area contributed by atoms with Crippen LogP contribution in [-0.4, -0.2) is 5.33 Å². The maximum absolute atomic E-state index is 3.62. The van der Waals surface area contributed by atoms with Gasteiger partial charge in [0.05, 0.1) is 0 Å². The van der Waals surface area contributed by atoms with E-state index in [1.807, 2.05) is 0 Å². The molecule has 84 valence electrons. The Labute approximate surface area is 98.0 Å². The van der Waals surface area contributed by atoms with Crippen LogP contribution < -0.4 is 0 Å². The number of rotatable bonds is 4. The smallest absolute Gasteiger partial charge is 0.00827 e. The van der Waals surface area contributed by atoms with Crippen LogP contribution in [-0.2, 0) is 0 Å². The van der Waals surface area contributed by atoms with Crippen LogP contribution in [0.4, 0.5) is 0 Å². The van der Waals surface area contributed by atoms with Gasteiger partial charge in [0.2, 0.25) is 0 Å². The Morgan fingerprint density at radius 3 is 2.00 bits per heavy atom. The van der Waals surface area contributed by atoms with Crippen LogP contribution in [0, 0.1) is 17.3 Å². The van der Waals surface area contributed by atoms with Crippen molar-refractivity contribution < 1.29 is 0 Å². The van der Waals surface area contributed by atoms with Gasteiger partial charge in [-0.05, 0) is 23.7 Å². The molecule has 0 aromatic rings. The number of hydrogen-bond donors (Lipinski definition) is 0. The maximum atomic E-state index is 3.62. The molecule has 0 amide bonds. The van der Waals surface area contributed by atoms with Gasteiger partial charge < -0.3 is 0 Å². The molecule has 0 spiro atoms. The zero-order chi connectivity index (χ0) is 10.6. The minimum Gasteiger partial charge on any atom is -0.0922 e. The van der Waals surface area contributed by atoms with Crippen molar-refractivity contribution in [2.75, 3.05) is 5.33 Å². The van der Waals surface area contributed by atoms with Crippen molar-refractivity contribution in [1.29, 1.82) is 0 Å². The second kappa shape index (κ2) is 5.53. The lowest BCUT2D eigenvalue weighted by Crippen LogP contribution is -2.22. The van der Waals surface area contributed by atoms with Crippen molar-refractivity contribution in [2.24, 2.45) is 17.3 Å². The third kappa shape index (κ3) is 3.92. The van der Waals surface area contributed by atoms with E-state index in [1.54, 1.807) is 0 Å². The molecule has 1 rings (SSSR count). The van der Waals surface area contributed by atoms with Gasteiger partial charge in [-0.1, -0.05) is 68.8 Å². The highest BCUT2D eigenvalue weighted by atomic mass is 79.9. The molecule has 0 aromatic heterocycles. The van der Waals surface area contributed by atoms with E-state index in [4.69, 9.17) is 0 Å². The summed E-state index contributed by atoms with van der Waals surface area (Å²) in [5.74, 6) is 2.05. The van der Waals surface area contributed by atoms with Gasteiger partial charge in [-0.15, -0.1) is 0 Å². The Bertz CT molecular complexity index is 155. The molecule has 0 heterocycles. The molecule has 1 saturated carbocycles. The molecule has 1 fully saturated rings. The summed E-state index contributed by atoms with van der Waals surface area (Å²) in [5.41, 5.74) is 0.504. The summed E-state index contributed by atoms with van der Waals surface area (Å²) in [7, 11) is 0. The third-order valence-corrected chi connectivity index (χ3v) is 5.26. The molecule has 0 atom stereocenters. The van der Waals surface area contributed by atoms with Crippen molar-refractivity contribution in [3.05, 3.63) is 0 Å². The van der Waals surface area contributed by atoms with Crippen LogP contribution in [0.3, 0.4) is 0 Å². The monoisotopic (exact) mass is 260 g/mol. The Balaban J connectivity index is 2.28. The molecule has 0 aromatic carbocycles. The van der Waals surface area contributed by atoms with Gasteiger partial charge in [-0.3, -0.25) is 0 Å². The molecule has 0 radical (unpaired) electrons. The highest BCUT2D eigenvalue weighted by Gasteiger charge is 2.26. The normalized spacial score (nSPS) is 29.1. The molecule has 1 heteroatoms. The number of hydrogen-bond acceptors (Lipinski definition) is 0. The standard InChI is InChI=1S/C13H25Br/c1-4-11-5-7-12(8-6-11)9-13(2,3)10-14/h11-12H,4-10H2,1-3H3. The Kier molecular flexibility index (Phi) is 4.96. The first kappa shape index (κ1) is 12.5. The SMILES string of the molecule is CCC1CCC(CC(C)(C)CBr)CC1. The molecule has 0 N–H and O–H groups in total. The fourth-order valence-corrected chi connectivity index (χ4v) is 2.91. The van der Waals surface area contributed by atoms with Crippen LogP contribution in [0.1, 0.15) is 59.3 Å². The average molecular weight is 261 g/mol. The second-order valence-corrected chi connectivity index (χ2v) is 6.36. The van der Waals surface area contributed by atoms with Crippen LogP contribution >= 0.6 is 15.9 Å². The highest BCUT2D eigenvalue weighted by molar-refractivity contribution is 9.09. The maximum Gasteiger partial charge on any atom is 0.00827 e. The minimum absolute atomic E-state index is 0.504. The lowest BCUT2D eigenvalue weighted by atomic mass is 9.74. The summed E-state index contributed by atoms with van der Waals surface area (Å²) >= 11 is 3.62. The van der Waals surface area contributed by atoms with Crippen molar-refractivity contribution in [3.63, 3.8) is 0 Å². The predicted molar refractivity (Wildman–Crippen MR) is 67.9 cm³/mol. The second-order valence-electron chi connectivity index (χ2n) is 5.80. The summed E-state index contributed by atoms with van der Waals surface area (Å²) in [6, 6.07) is 0. The van der Waals surface area contributed by atoms with E-state index in [-0.39, 0.29) is 0 Å². The van der Waals surface area contributed by atoms with Crippen molar-refractivity contribution in [2.45, 2.75) is 59.3 Å². The zero-order valence-corrected chi connectivity index (χ0v) is 11.6. The Hall–Kier alpha value is 0.480. The molecule has 0 saturated heterocycles. The summed E-state index contributed by atoms with van der Waals surface area (Å²) in [4.78, 5) is 0. The summed E-state index contributed by atoms with van der Waals surface area (Å²) in [6.07, 6.45) is 8.74. The summed E-state index contributed by atoms with van der Waals surface area (Å²) < 4.78 is 0. The van der Waals surface area contributed by atoms with Gasteiger partial charge in [-0.2, -0.15) is 0 Å². The van der Waals surface area contributed by atoms with E-state index in [9.17, 15) is 0 Å². The van der Waals surface area contributed by atoms with Gasteiger partial charge in [0, 0.05) is 5.33 Å². The molecular weight excluding hydrogens is 236 g/mol. The number of alkyl halides is 1. The molecule has 0 bridgehead atoms. The van der Waals surface area contributed by atoms with Gasteiger partial charge in [0.25, 0.3) is 0 Å². The molecule has 1 aliphatic carbocycles. The van der Waals surface area contributed by atoms with Crippen LogP contribution in [0.25, 0.3) is 0 Å². The van der Waals surface area contributed by atoms with E-state index in [1.165, 1.54) is 38.5 Å². The largest absolute Gasteiger partial charge is 0.0922 e. The van der Waals surface area contributed by atoms with Crippen LogP contribution in [0.5, 0.6) is 0 Å². The molecule has 0 aliphatic heterocycles. The average Bonchev–Trinajstić information content (AvgIpc) is 2.19. The molecule has 0 unspecified atom stereocenters. The summed E-state index contributed by atoms with van der Waals surface area (Å²) in [5, 5.41) is 1.15. The van der Waals surface area contributed by atoms with Crippen molar-refractivity contribution in [3.8, 4) is 0 Å². The fourth-order valence-electron chi connectivity index (χ4n) is 2.68. The van der Waals surface area contributed by atoms with E-state index >= 15 is 0 Å². The van der Waals surface area contributed by atoms with Crippen molar-refractivity contribution >= 4 is 15.9 Å². The zero-order valence-electron chi connectivity index (χ0n) is 9.98. The van der Waals surface area contributed by atoms with E-state index < -0.39 is 0 Å². The summed E-state index contributed by atoms with van der Waals surface area (Å²) in [6.45, 7) is 7.11. The van der Waals surface area contributed by atoms with E-state index in [0.29, 0.717) is 5.41 Å². The lowest BCUT2D eigenvalue weighted by molar-refractivity contribution is 0.206. The van der Waals surface area contributed by atoms with Crippen molar-refractivity contribution in [1.82, 2.24) is 0 Å². The highest BCUT2D eigenvalue weighted by Crippen LogP contribution is 2.38.